The molecule has 0 saturated carbocycles. The minimum atomic E-state index is -0.328. The van der Waals surface area contributed by atoms with Crippen LogP contribution >= 0.6 is 0 Å². The van der Waals surface area contributed by atoms with E-state index in [1.807, 2.05) is 19.1 Å². The summed E-state index contributed by atoms with van der Waals surface area (Å²) in [5, 5.41) is 12.7. The highest BCUT2D eigenvalue weighted by atomic mass is 19.1. The number of aliphatic hydroxyl groups is 1. The first-order valence-corrected chi connectivity index (χ1v) is 7.32. The Bertz CT molecular complexity index is 871. The van der Waals surface area contributed by atoms with E-state index in [1.165, 1.54) is 12.1 Å². The molecule has 5 heteroatoms. The molecule has 4 nitrogen and oxygen atoms in total. The monoisotopic (exact) mass is 312 g/mol. The Morgan fingerprint density at radius 3 is 2.87 bits per heavy atom. The lowest BCUT2D eigenvalue weighted by Crippen LogP contribution is -2.15. The van der Waals surface area contributed by atoms with Gasteiger partial charge in [-0.3, -0.25) is 4.79 Å². The van der Waals surface area contributed by atoms with E-state index in [4.69, 9.17) is 0 Å². The number of anilines is 1. The molecule has 0 spiro atoms. The molecule has 23 heavy (non-hydrogen) atoms. The second-order valence-electron chi connectivity index (χ2n) is 5.54. The van der Waals surface area contributed by atoms with Crippen molar-refractivity contribution in [3.63, 3.8) is 0 Å². The fraction of sp³-hybridized carbons (Fsp3) is 0.167. The Morgan fingerprint density at radius 1 is 1.26 bits per heavy atom. The Kier molecular flexibility index (Phi) is 4.12. The Hall–Kier alpha value is -2.66. The number of nitrogens with one attached hydrogen (secondary N) is 2. The van der Waals surface area contributed by atoms with Gasteiger partial charge in [-0.25, -0.2) is 4.39 Å². The quantitative estimate of drug-likeness (QED) is 0.692. The van der Waals surface area contributed by atoms with Crippen LogP contribution in [0, 0.1) is 12.7 Å². The number of carbonyl (C=O) groups excluding carboxylic acids is 1. The number of halogens is 1. The predicted molar refractivity (Wildman–Crippen MR) is 87.7 cm³/mol. The molecular weight excluding hydrogens is 295 g/mol. The summed E-state index contributed by atoms with van der Waals surface area (Å²) >= 11 is 0. The highest BCUT2D eigenvalue weighted by Gasteiger charge is 2.11. The van der Waals surface area contributed by atoms with Gasteiger partial charge in [-0.2, -0.15) is 0 Å². The van der Waals surface area contributed by atoms with E-state index in [0.29, 0.717) is 11.1 Å². The van der Waals surface area contributed by atoms with Gasteiger partial charge in [0.15, 0.2) is 0 Å². The van der Waals surface area contributed by atoms with Gasteiger partial charge in [0, 0.05) is 22.8 Å². The molecule has 3 N–H and O–H groups in total. The maximum atomic E-state index is 13.4. The molecule has 0 saturated heterocycles. The molecular formula is C18H17FN2O2. The smallest absolute Gasteiger partial charge is 0.228 e. The summed E-state index contributed by atoms with van der Waals surface area (Å²) in [6, 6.07) is 9.87. The Labute approximate surface area is 133 Å². The largest absolute Gasteiger partial charge is 0.392 e. The van der Waals surface area contributed by atoms with E-state index in [1.54, 1.807) is 18.3 Å². The molecule has 0 fully saturated rings. The van der Waals surface area contributed by atoms with Gasteiger partial charge < -0.3 is 15.4 Å². The number of aliphatic hydroxyl groups excluding tert-OH is 1. The fourth-order valence-electron chi connectivity index (χ4n) is 2.57. The molecule has 2 aromatic carbocycles. The van der Waals surface area contributed by atoms with Gasteiger partial charge in [-0.05, 0) is 47.9 Å². The van der Waals surface area contributed by atoms with Crippen LogP contribution in [0.25, 0.3) is 10.9 Å². The summed E-state index contributed by atoms with van der Waals surface area (Å²) in [7, 11) is 0. The first-order valence-electron chi connectivity index (χ1n) is 7.32. The lowest BCUT2D eigenvalue weighted by molar-refractivity contribution is -0.115. The number of hydrogen-bond donors (Lipinski definition) is 3. The molecule has 118 valence electrons. The minimum Gasteiger partial charge on any atom is -0.392 e. The third-order valence-electron chi connectivity index (χ3n) is 3.84. The number of aromatic nitrogens is 1. The van der Waals surface area contributed by atoms with Crippen LogP contribution in [0.2, 0.25) is 0 Å². The molecule has 0 aliphatic heterocycles. The van der Waals surface area contributed by atoms with E-state index in [2.05, 4.69) is 10.3 Å². The van der Waals surface area contributed by atoms with E-state index < -0.39 is 0 Å². The first-order chi connectivity index (χ1) is 11.1. The highest BCUT2D eigenvalue weighted by Crippen LogP contribution is 2.21. The maximum Gasteiger partial charge on any atom is 0.228 e. The normalized spacial score (nSPS) is 10.9. The predicted octanol–water partition coefficient (Wildman–Crippen LogP) is 3.29. The van der Waals surface area contributed by atoms with Crippen molar-refractivity contribution < 1.29 is 14.3 Å². The van der Waals surface area contributed by atoms with Crippen molar-refractivity contribution >= 4 is 22.5 Å². The van der Waals surface area contributed by atoms with Crippen LogP contribution in [-0.2, 0) is 17.8 Å². The van der Waals surface area contributed by atoms with E-state index >= 15 is 0 Å². The number of H-pyrrole nitrogens is 1. The summed E-state index contributed by atoms with van der Waals surface area (Å²) in [5.41, 5.74) is 3.87. The number of rotatable bonds is 4. The van der Waals surface area contributed by atoms with E-state index in [9.17, 15) is 14.3 Å². The molecule has 0 radical (unpaired) electrons. The average molecular weight is 312 g/mol. The third kappa shape index (κ3) is 3.24. The lowest BCUT2D eigenvalue weighted by atomic mass is 10.1. The van der Waals surface area contributed by atoms with Crippen molar-refractivity contribution in [2.45, 2.75) is 20.0 Å². The average Bonchev–Trinajstić information content (AvgIpc) is 2.91. The van der Waals surface area contributed by atoms with Gasteiger partial charge >= 0.3 is 0 Å². The topological polar surface area (TPSA) is 65.1 Å². The Morgan fingerprint density at radius 2 is 2.09 bits per heavy atom. The van der Waals surface area contributed by atoms with Gasteiger partial charge in [0.1, 0.15) is 5.82 Å². The molecule has 3 aromatic rings. The summed E-state index contributed by atoms with van der Waals surface area (Å²) in [6.07, 6.45) is 1.87. The highest BCUT2D eigenvalue weighted by molar-refractivity contribution is 5.96. The summed E-state index contributed by atoms with van der Waals surface area (Å²) in [6.45, 7) is 1.81. The SMILES string of the molecule is Cc1ccc(CO)cc1NC(=O)Cc1c[nH]c2ccc(F)cc12. The Balaban J connectivity index is 1.80. The number of amides is 1. The van der Waals surface area contributed by atoms with Crippen LogP contribution in [0.15, 0.2) is 42.6 Å². The van der Waals surface area contributed by atoms with Crippen molar-refractivity contribution in [1.29, 1.82) is 0 Å². The maximum absolute atomic E-state index is 13.4. The van der Waals surface area contributed by atoms with Crippen LogP contribution in [-0.4, -0.2) is 16.0 Å². The standard InChI is InChI=1S/C18H17FN2O2/c1-11-2-3-12(10-22)6-17(11)21-18(23)7-13-9-20-16-5-4-14(19)8-15(13)16/h2-6,8-9,20,22H,7,10H2,1H3,(H,21,23). The van der Waals surface area contributed by atoms with Crippen LogP contribution in [0.5, 0.6) is 0 Å². The summed E-state index contributed by atoms with van der Waals surface area (Å²) in [4.78, 5) is 15.3. The first kappa shape index (κ1) is 15.2. The summed E-state index contributed by atoms with van der Waals surface area (Å²) < 4.78 is 13.4. The molecule has 0 bridgehead atoms. The van der Waals surface area contributed by atoms with E-state index in [0.717, 1.165) is 22.2 Å². The zero-order valence-corrected chi connectivity index (χ0v) is 12.7. The van der Waals surface area contributed by atoms with Gasteiger partial charge in [0.2, 0.25) is 5.91 Å². The zero-order valence-electron chi connectivity index (χ0n) is 12.7. The molecule has 1 aromatic heterocycles. The van der Waals surface area contributed by atoms with Crippen molar-refractivity contribution in [3.8, 4) is 0 Å². The van der Waals surface area contributed by atoms with Gasteiger partial charge in [-0.1, -0.05) is 12.1 Å². The minimum absolute atomic E-state index is 0.0785. The molecule has 0 unspecified atom stereocenters. The number of carbonyl (C=O) groups is 1. The number of benzene rings is 2. The van der Waals surface area contributed by atoms with E-state index in [-0.39, 0.29) is 24.8 Å². The second-order valence-corrected chi connectivity index (χ2v) is 5.54. The second kappa shape index (κ2) is 6.22. The van der Waals surface area contributed by atoms with Gasteiger partial charge in [0.25, 0.3) is 0 Å². The molecule has 3 rings (SSSR count). The third-order valence-corrected chi connectivity index (χ3v) is 3.84. The molecule has 1 amide bonds. The van der Waals surface area contributed by atoms with Gasteiger partial charge in [-0.15, -0.1) is 0 Å². The zero-order chi connectivity index (χ0) is 16.4. The fourth-order valence-corrected chi connectivity index (χ4v) is 2.57. The van der Waals surface area contributed by atoms with Crippen LogP contribution in [0.3, 0.4) is 0 Å². The van der Waals surface area contributed by atoms with Crippen molar-refractivity contribution in [2.75, 3.05) is 5.32 Å². The van der Waals surface area contributed by atoms with Crippen LogP contribution in [0.1, 0.15) is 16.7 Å². The molecule has 1 heterocycles. The molecule has 0 aliphatic rings. The van der Waals surface area contributed by atoms with Gasteiger partial charge in [0.05, 0.1) is 13.0 Å². The number of aromatic amines is 1. The van der Waals surface area contributed by atoms with Crippen LogP contribution < -0.4 is 5.32 Å². The number of fused-ring (bicyclic) bond motifs is 1. The lowest BCUT2D eigenvalue weighted by Gasteiger charge is -2.09. The summed E-state index contributed by atoms with van der Waals surface area (Å²) in [5.74, 6) is -0.515. The molecule has 0 atom stereocenters. The number of aryl methyl sites for hydroxylation is 1. The van der Waals surface area contributed by atoms with Crippen LogP contribution in [0.4, 0.5) is 10.1 Å². The van der Waals surface area contributed by atoms with Crippen molar-refractivity contribution in [3.05, 3.63) is 65.1 Å². The van der Waals surface area contributed by atoms with Crippen molar-refractivity contribution in [2.24, 2.45) is 0 Å². The van der Waals surface area contributed by atoms with Crippen molar-refractivity contribution in [1.82, 2.24) is 4.98 Å². The molecule has 0 aliphatic carbocycles. The number of hydrogen-bond acceptors (Lipinski definition) is 2.